The summed E-state index contributed by atoms with van der Waals surface area (Å²) in [4.78, 5) is 37.3. The van der Waals surface area contributed by atoms with Crippen LogP contribution in [0.3, 0.4) is 0 Å². The number of amides is 2. The molecule has 0 aliphatic heterocycles. The largest absolute Gasteiger partial charge is 0.349 e. The fourth-order valence-electron chi connectivity index (χ4n) is 2.41. The first-order chi connectivity index (χ1) is 11.6. The van der Waals surface area contributed by atoms with Gasteiger partial charge in [0.05, 0.1) is 13.1 Å². The fraction of sp³-hybridized carbons (Fsp3) is 0.375. The monoisotopic (exact) mass is 331 g/mol. The number of hydrogen-bond acceptors (Lipinski definition) is 5. The normalized spacial score (nSPS) is 10.8. The van der Waals surface area contributed by atoms with Crippen LogP contribution in [-0.2, 0) is 27.5 Å². The van der Waals surface area contributed by atoms with Crippen molar-refractivity contribution in [2.75, 3.05) is 20.6 Å². The second kappa shape index (κ2) is 8.21. The molecule has 2 aromatic rings. The molecule has 0 aliphatic rings. The van der Waals surface area contributed by atoms with Gasteiger partial charge in [-0.15, -0.1) is 0 Å². The van der Waals surface area contributed by atoms with E-state index in [9.17, 15) is 14.4 Å². The van der Waals surface area contributed by atoms with Crippen LogP contribution in [0.25, 0.3) is 11.0 Å². The summed E-state index contributed by atoms with van der Waals surface area (Å²) in [6, 6.07) is 5.81. The molecule has 0 aromatic carbocycles. The third-order valence-corrected chi connectivity index (χ3v) is 3.77. The summed E-state index contributed by atoms with van der Waals surface area (Å²) in [6.45, 7) is 0.962. The Kier molecular flexibility index (Phi) is 6.02. The number of carbonyl (C=O) groups excluding carboxylic acids is 3. The van der Waals surface area contributed by atoms with Crippen molar-refractivity contribution in [3.8, 4) is 0 Å². The van der Waals surface area contributed by atoms with Crippen molar-refractivity contribution >= 4 is 29.6 Å². The molecular weight excluding hydrogens is 310 g/mol. The number of nitrogens with zero attached hydrogens (tertiary/aromatic N) is 4. The van der Waals surface area contributed by atoms with Gasteiger partial charge < -0.3 is 14.7 Å². The third-order valence-electron chi connectivity index (χ3n) is 3.77. The molecule has 0 radical (unpaired) electrons. The topological polar surface area (TPSA) is 87.5 Å². The van der Waals surface area contributed by atoms with Crippen LogP contribution in [0.2, 0.25) is 0 Å². The second-order valence-electron chi connectivity index (χ2n) is 5.42. The number of hydrogen-bond donors (Lipinski definition) is 1. The summed E-state index contributed by atoms with van der Waals surface area (Å²) in [5, 5.41) is 6.72. The lowest BCUT2D eigenvalue weighted by Gasteiger charge is -2.24. The molecule has 2 rings (SSSR count). The van der Waals surface area contributed by atoms with E-state index in [0.29, 0.717) is 19.4 Å². The van der Waals surface area contributed by atoms with E-state index >= 15 is 0 Å². The first-order valence-corrected chi connectivity index (χ1v) is 7.59. The number of carbonyl (C=O) groups is 3. The van der Waals surface area contributed by atoms with Gasteiger partial charge in [0.15, 0.2) is 0 Å². The van der Waals surface area contributed by atoms with Gasteiger partial charge in [0.2, 0.25) is 12.3 Å². The van der Waals surface area contributed by atoms with Crippen molar-refractivity contribution in [1.82, 2.24) is 24.9 Å². The van der Waals surface area contributed by atoms with Crippen LogP contribution >= 0.6 is 0 Å². The molecule has 0 saturated heterocycles. The molecule has 24 heavy (non-hydrogen) atoms. The highest BCUT2D eigenvalue weighted by molar-refractivity contribution is 5.79. The predicted octanol–water partition coefficient (Wildman–Crippen LogP) is 0.176. The smallest absolute Gasteiger partial charge is 0.223 e. The van der Waals surface area contributed by atoms with Gasteiger partial charge in [-0.2, -0.15) is 0 Å². The average molecular weight is 331 g/mol. The highest BCUT2D eigenvalue weighted by Gasteiger charge is 2.14. The van der Waals surface area contributed by atoms with Crippen molar-refractivity contribution in [1.29, 1.82) is 0 Å². The molecule has 128 valence electrons. The van der Waals surface area contributed by atoms with E-state index in [-0.39, 0.29) is 18.9 Å². The van der Waals surface area contributed by atoms with E-state index in [1.165, 1.54) is 5.01 Å². The molecule has 0 atom stereocenters. The zero-order valence-electron chi connectivity index (χ0n) is 13.8. The second-order valence-corrected chi connectivity index (χ2v) is 5.42. The molecule has 2 amide bonds. The molecule has 1 N–H and O–H groups in total. The zero-order chi connectivity index (χ0) is 17.5. The Hall–Kier alpha value is -2.74. The zero-order valence-corrected chi connectivity index (χ0v) is 13.8. The molecule has 0 aliphatic carbocycles. The average Bonchev–Trinajstić information content (AvgIpc) is 2.94. The number of fused-ring (bicyclic) bond motifs is 1. The molecule has 8 nitrogen and oxygen atoms in total. The standard InChI is InChI=1S/C16H21N5O3/c1-19(20(2)12-23)11-14-10-13-4-3-6-18-16(13)21(14)8-5-15(24)17-7-9-22/h3-4,6,9-10,12H,5,7-8,11H2,1-2H3,(H,17,24). The Morgan fingerprint density at radius 2 is 2.17 bits per heavy atom. The summed E-state index contributed by atoms with van der Waals surface area (Å²) in [5.74, 6) is -0.191. The maximum Gasteiger partial charge on any atom is 0.223 e. The Balaban J connectivity index is 2.21. The number of aromatic nitrogens is 2. The van der Waals surface area contributed by atoms with E-state index in [1.54, 1.807) is 25.3 Å². The summed E-state index contributed by atoms with van der Waals surface area (Å²) in [6.07, 6.45) is 3.34. The quantitative estimate of drug-likeness (QED) is 0.523. The predicted molar refractivity (Wildman–Crippen MR) is 88.7 cm³/mol. The maximum absolute atomic E-state index is 11.8. The summed E-state index contributed by atoms with van der Waals surface area (Å²) in [5.41, 5.74) is 1.74. The Labute approximate surface area is 140 Å². The first-order valence-electron chi connectivity index (χ1n) is 7.59. The molecule has 2 aromatic heterocycles. The van der Waals surface area contributed by atoms with E-state index < -0.39 is 0 Å². The van der Waals surface area contributed by atoms with Gasteiger partial charge in [0.25, 0.3) is 0 Å². The van der Waals surface area contributed by atoms with Gasteiger partial charge in [0, 0.05) is 44.3 Å². The van der Waals surface area contributed by atoms with E-state index in [4.69, 9.17) is 0 Å². The van der Waals surface area contributed by atoms with Crippen LogP contribution < -0.4 is 5.32 Å². The maximum atomic E-state index is 11.8. The minimum atomic E-state index is -0.191. The summed E-state index contributed by atoms with van der Waals surface area (Å²) in [7, 11) is 3.48. The van der Waals surface area contributed by atoms with Crippen LogP contribution in [-0.4, -0.2) is 58.8 Å². The first kappa shape index (κ1) is 17.6. The van der Waals surface area contributed by atoms with E-state index in [1.807, 2.05) is 22.8 Å². The van der Waals surface area contributed by atoms with Crippen molar-refractivity contribution in [3.63, 3.8) is 0 Å². The molecule has 0 fully saturated rings. The van der Waals surface area contributed by atoms with Crippen molar-refractivity contribution < 1.29 is 14.4 Å². The summed E-state index contributed by atoms with van der Waals surface area (Å²) < 4.78 is 1.96. The van der Waals surface area contributed by atoms with Crippen molar-refractivity contribution in [2.24, 2.45) is 0 Å². The van der Waals surface area contributed by atoms with E-state index in [0.717, 1.165) is 23.1 Å². The molecule has 0 saturated carbocycles. The number of aldehydes is 1. The number of pyridine rings is 1. The van der Waals surface area contributed by atoms with Gasteiger partial charge >= 0.3 is 0 Å². The lowest BCUT2D eigenvalue weighted by Crippen LogP contribution is -2.35. The number of rotatable bonds is 9. The van der Waals surface area contributed by atoms with Crippen LogP contribution in [0.5, 0.6) is 0 Å². The van der Waals surface area contributed by atoms with Gasteiger partial charge in [-0.05, 0) is 18.2 Å². The highest BCUT2D eigenvalue weighted by Crippen LogP contribution is 2.19. The molecule has 2 heterocycles. The highest BCUT2D eigenvalue weighted by atomic mass is 16.2. The number of nitrogens with one attached hydrogen (secondary N) is 1. The molecule has 8 heteroatoms. The van der Waals surface area contributed by atoms with Crippen molar-refractivity contribution in [2.45, 2.75) is 19.5 Å². The fourth-order valence-corrected chi connectivity index (χ4v) is 2.41. The van der Waals surface area contributed by atoms with Gasteiger partial charge in [-0.3, -0.25) is 14.6 Å². The van der Waals surface area contributed by atoms with E-state index in [2.05, 4.69) is 10.3 Å². The number of hydrazine groups is 1. The SMILES string of the molecule is CN(C=O)N(C)Cc1cc2cccnc2n1CCC(=O)NCC=O. The lowest BCUT2D eigenvalue weighted by molar-refractivity contribution is -0.130. The van der Waals surface area contributed by atoms with Gasteiger partial charge in [-0.1, -0.05) is 0 Å². The van der Waals surface area contributed by atoms with Gasteiger partial charge in [0.1, 0.15) is 11.9 Å². The number of aryl methyl sites for hydroxylation is 1. The Morgan fingerprint density at radius 3 is 2.88 bits per heavy atom. The molecular formula is C16H21N5O3. The van der Waals surface area contributed by atoms with Crippen LogP contribution in [0.1, 0.15) is 12.1 Å². The molecule has 0 unspecified atom stereocenters. The molecule has 0 spiro atoms. The Morgan fingerprint density at radius 1 is 1.38 bits per heavy atom. The van der Waals surface area contributed by atoms with Crippen LogP contribution in [0.4, 0.5) is 0 Å². The minimum absolute atomic E-state index is 0.0171. The third kappa shape index (κ3) is 4.17. The van der Waals surface area contributed by atoms with Gasteiger partial charge in [-0.25, -0.2) is 9.99 Å². The van der Waals surface area contributed by atoms with Crippen LogP contribution in [0.15, 0.2) is 24.4 Å². The Bertz CT molecular complexity index is 728. The van der Waals surface area contributed by atoms with Crippen molar-refractivity contribution in [3.05, 3.63) is 30.1 Å². The van der Waals surface area contributed by atoms with Crippen LogP contribution in [0, 0.1) is 0 Å². The minimum Gasteiger partial charge on any atom is -0.349 e. The lowest BCUT2D eigenvalue weighted by atomic mass is 10.3. The summed E-state index contributed by atoms with van der Waals surface area (Å²) >= 11 is 0. The molecule has 0 bridgehead atoms.